The molecule has 0 aliphatic carbocycles. The minimum atomic E-state index is -0.626. The number of anilines is 1. The molecule has 1 amide bonds. The summed E-state index contributed by atoms with van der Waals surface area (Å²) in [6.45, 7) is 6.02. The maximum Gasteiger partial charge on any atom is 0.271 e. The highest BCUT2D eigenvalue weighted by atomic mass is 16.5. The highest BCUT2D eigenvalue weighted by Gasteiger charge is 2.51. The average Bonchev–Trinajstić information content (AvgIpc) is 2.78. The van der Waals surface area contributed by atoms with Crippen molar-refractivity contribution in [1.82, 2.24) is 0 Å². The minimum absolute atomic E-state index is 0.0586. The molecule has 3 aromatic rings. The number of ether oxygens (including phenoxy) is 3. The molecule has 1 aliphatic rings. The summed E-state index contributed by atoms with van der Waals surface area (Å²) in [7, 11) is 3.22. The van der Waals surface area contributed by atoms with Gasteiger partial charge in [0.2, 0.25) is 6.10 Å². The molecule has 4 rings (SSSR count). The number of methoxy groups -OCH3 is 2. The quantitative estimate of drug-likeness (QED) is 0.520. The van der Waals surface area contributed by atoms with Crippen LogP contribution in [0.1, 0.15) is 28.3 Å². The van der Waals surface area contributed by atoms with Crippen molar-refractivity contribution in [3.63, 3.8) is 0 Å². The van der Waals surface area contributed by atoms with Gasteiger partial charge in [-0.05, 0) is 67.3 Å². The third kappa shape index (κ3) is 3.72. The average molecular weight is 418 g/mol. The normalized spacial score (nSPS) is 17.8. The summed E-state index contributed by atoms with van der Waals surface area (Å²) in [5, 5.41) is 0. The van der Waals surface area contributed by atoms with Gasteiger partial charge in [-0.15, -0.1) is 0 Å². The van der Waals surface area contributed by atoms with Gasteiger partial charge in [-0.2, -0.15) is 0 Å². The van der Waals surface area contributed by atoms with Gasteiger partial charge in [0.1, 0.15) is 11.8 Å². The van der Waals surface area contributed by atoms with Gasteiger partial charge in [0.25, 0.3) is 5.91 Å². The summed E-state index contributed by atoms with van der Waals surface area (Å²) in [5.74, 6) is 1.92. The van der Waals surface area contributed by atoms with E-state index < -0.39 is 6.10 Å². The largest absolute Gasteiger partial charge is 0.493 e. The van der Waals surface area contributed by atoms with Crippen molar-refractivity contribution in [2.45, 2.75) is 32.9 Å². The molecule has 1 fully saturated rings. The molecule has 0 unspecified atom stereocenters. The zero-order valence-electron chi connectivity index (χ0n) is 18.5. The number of carbonyl (C=O) groups excluding carboxylic acids is 1. The van der Waals surface area contributed by atoms with Gasteiger partial charge in [-0.1, -0.05) is 36.4 Å². The summed E-state index contributed by atoms with van der Waals surface area (Å²) in [6.07, 6.45) is -0.626. The molecule has 1 heterocycles. The maximum atomic E-state index is 13.3. The number of hydrogen-bond donors (Lipinski definition) is 0. The molecular weight excluding hydrogens is 390 g/mol. The van der Waals surface area contributed by atoms with Gasteiger partial charge >= 0.3 is 0 Å². The molecule has 2 atom stereocenters. The number of nitrogens with zero attached hydrogens (tertiary/aromatic N) is 1. The van der Waals surface area contributed by atoms with Gasteiger partial charge in [0, 0.05) is 5.69 Å². The number of carbonyl (C=O) groups is 1. The molecule has 1 saturated heterocycles. The van der Waals surface area contributed by atoms with Gasteiger partial charge in [-0.3, -0.25) is 9.69 Å². The van der Waals surface area contributed by atoms with Crippen molar-refractivity contribution >= 4 is 11.6 Å². The Morgan fingerprint density at radius 2 is 1.52 bits per heavy atom. The smallest absolute Gasteiger partial charge is 0.271 e. The molecule has 160 valence electrons. The number of β-lactam (4-membered cyclic amide) rings is 1. The second-order valence-corrected chi connectivity index (χ2v) is 7.86. The van der Waals surface area contributed by atoms with Crippen LogP contribution in [-0.4, -0.2) is 26.2 Å². The molecule has 0 bridgehead atoms. The molecule has 0 saturated carbocycles. The Morgan fingerprint density at radius 3 is 2.23 bits per heavy atom. The molecule has 5 nitrogen and oxygen atoms in total. The first-order valence-corrected chi connectivity index (χ1v) is 10.3. The zero-order chi connectivity index (χ0) is 22.1. The molecule has 0 N–H and O–H groups in total. The van der Waals surface area contributed by atoms with Crippen LogP contribution < -0.4 is 19.1 Å². The standard InChI is InChI=1S/C26H27NO4/c1-16-10-11-17(2)20(14-16)27-24(19-12-13-22(29-4)23(15-19)30-5)25(26(27)28)31-21-9-7-6-8-18(21)3/h6-15,24-25H,1-5H3/t24-,25+/m1/s1. The number of rotatable bonds is 6. The van der Waals surface area contributed by atoms with Crippen molar-refractivity contribution in [2.24, 2.45) is 0 Å². The Balaban J connectivity index is 1.78. The summed E-state index contributed by atoms with van der Waals surface area (Å²) >= 11 is 0. The predicted molar refractivity (Wildman–Crippen MR) is 121 cm³/mol. The van der Waals surface area contributed by atoms with Crippen LogP contribution in [0.4, 0.5) is 5.69 Å². The fraction of sp³-hybridized carbons (Fsp3) is 0.269. The number of hydrogen-bond acceptors (Lipinski definition) is 4. The van der Waals surface area contributed by atoms with Crippen LogP contribution in [0.2, 0.25) is 0 Å². The minimum Gasteiger partial charge on any atom is -0.493 e. The van der Waals surface area contributed by atoms with Crippen LogP contribution in [0, 0.1) is 20.8 Å². The fourth-order valence-electron chi connectivity index (χ4n) is 4.01. The summed E-state index contributed by atoms with van der Waals surface area (Å²) < 4.78 is 17.2. The first-order valence-electron chi connectivity index (χ1n) is 10.3. The van der Waals surface area contributed by atoms with E-state index in [9.17, 15) is 4.79 Å². The fourth-order valence-corrected chi connectivity index (χ4v) is 4.01. The first kappa shape index (κ1) is 20.8. The van der Waals surface area contributed by atoms with E-state index in [0.717, 1.165) is 27.9 Å². The molecule has 0 radical (unpaired) electrons. The molecular formula is C26H27NO4. The highest BCUT2D eigenvalue weighted by molar-refractivity contribution is 6.06. The molecule has 5 heteroatoms. The highest BCUT2D eigenvalue weighted by Crippen LogP contribution is 2.44. The van der Waals surface area contributed by atoms with Crippen molar-refractivity contribution in [3.05, 3.63) is 82.9 Å². The van der Waals surface area contributed by atoms with Crippen LogP contribution in [0.5, 0.6) is 17.2 Å². The van der Waals surface area contributed by atoms with Crippen molar-refractivity contribution in [1.29, 1.82) is 0 Å². The SMILES string of the molecule is COc1ccc([C@@H]2[C@H](Oc3ccccc3C)C(=O)N2c2cc(C)ccc2C)cc1OC. The number of benzene rings is 3. The topological polar surface area (TPSA) is 48.0 Å². The van der Waals surface area contributed by atoms with Crippen LogP contribution in [0.25, 0.3) is 0 Å². The van der Waals surface area contributed by atoms with E-state index >= 15 is 0 Å². The van der Waals surface area contributed by atoms with E-state index in [0.29, 0.717) is 17.2 Å². The Hall–Kier alpha value is -3.47. The molecule has 3 aromatic carbocycles. The van der Waals surface area contributed by atoms with Gasteiger partial charge < -0.3 is 14.2 Å². The number of para-hydroxylation sites is 1. The van der Waals surface area contributed by atoms with E-state index in [4.69, 9.17) is 14.2 Å². The summed E-state index contributed by atoms with van der Waals surface area (Å²) in [5.41, 5.74) is 4.96. The molecule has 31 heavy (non-hydrogen) atoms. The lowest BCUT2D eigenvalue weighted by Gasteiger charge is -2.47. The lowest BCUT2D eigenvalue weighted by Crippen LogP contribution is -2.62. The molecule has 1 aliphatic heterocycles. The predicted octanol–water partition coefficient (Wildman–Crippen LogP) is 5.16. The van der Waals surface area contributed by atoms with Gasteiger partial charge in [-0.25, -0.2) is 0 Å². The summed E-state index contributed by atoms with van der Waals surface area (Å²) in [6, 6.07) is 19.3. The maximum absolute atomic E-state index is 13.3. The van der Waals surface area contributed by atoms with Crippen LogP contribution >= 0.6 is 0 Å². The van der Waals surface area contributed by atoms with E-state index in [-0.39, 0.29) is 11.9 Å². The number of amides is 1. The van der Waals surface area contributed by atoms with Crippen LogP contribution in [-0.2, 0) is 4.79 Å². The van der Waals surface area contributed by atoms with E-state index in [1.165, 1.54) is 0 Å². The van der Waals surface area contributed by atoms with Crippen LogP contribution in [0.15, 0.2) is 60.7 Å². The van der Waals surface area contributed by atoms with E-state index in [1.54, 1.807) is 14.2 Å². The molecule has 0 aromatic heterocycles. The second kappa shape index (κ2) is 8.34. The van der Waals surface area contributed by atoms with E-state index in [2.05, 4.69) is 6.07 Å². The Labute approximate surface area is 183 Å². The van der Waals surface area contributed by atoms with Gasteiger partial charge in [0.15, 0.2) is 11.5 Å². The van der Waals surface area contributed by atoms with Gasteiger partial charge in [0.05, 0.1) is 14.2 Å². The zero-order valence-corrected chi connectivity index (χ0v) is 18.5. The monoisotopic (exact) mass is 417 g/mol. The lowest BCUT2D eigenvalue weighted by molar-refractivity contribution is -0.135. The lowest BCUT2D eigenvalue weighted by atomic mass is 9.88. The van der Waals surface area contributed by atoms with Crippen molar-refractivity contribution in [3.8, 4) is 17.2 Å². The third-order valence-corrected chi connectivity index (χ3v) is 5.77. The first-order chi connectivity index (χ1) is 14.9. The Morgan fingerprint density at radius 1 is 0.774 bits per heavy atom. The van der Waals surface area contributed by atoms with Crippen molar-refractivity contribution < 1.29 is 19.0 Å². The number of aryl methyl sites for hydroxylation is 3. The van der Waals surface area contributed by atoms with E-state index in [1.807, 2.05) is 80.3 Å². The van der Waals surface area contributed by atoms with Crippen molar-refractivity contribution in [2.75, 3.05) is 19.1 Å². The molecule has 0 spiro atoms. The third-order valence-electron chi connectivity index (χ3n) is 5.77. The van der Waals surface area contributed by atoms with Crippen LogP contribution in [0.3, 0.4) is 0 Å². The second-order valence-electron chi connectivity index (χ2n) is 7.86. The Kier molecular flexibility index (Phi) is 5.59. The Bertz CT molecular complexity index is 1120. The summed E-state index contributed by atoms with van der Waals surface area (Å²) in [4.78, 5) is 15.2.